The van der Waals surface area contributed by atoms with Gasteiger partial charge < -0.3 is 40.8 Å². The fourth-order valence-corrected chi connectivity index (χ4v) is 8.78. The van der Waals surface area contributed by atoms with Crippen LogP contribution in [-0.4, -0.2) is 109 Å². The van der Waals surface area contributed by atoms with E-state index in [2.05, 4.69) is 46.6 Å². The molecular weight excluding hydrogens is 893 g/mol. The molecule has 0 spiro atoms. The van der Waals surface area contributed by atoms with Crippen molar-refractivity contribution in [1.82, 2.24) is 36.1 Å². The van der Waals surface area contributed by atoms with Crippen molar-refractivity contribution in [2.24, 2.45) is 5.11 Å². The molecule has 24 heteroatoms. The van der Waals surface area contributed by atoms with E-state index in [1.165, 1.54) is 36.5 Å². The number of amides is 4. The summed E-state index contributed by atoms with van der Waals surface area (Å²) >= 11 is 7.64. The first-order chi connectivity index (χ1) is 30.9. The lowest BCUT2D eigenvalue weighted by Gasteiger charge is -2.23. The van der Waals surface area contributed by atoms with Crippen molar-refractivity contribution in [3.05, 3.63) is 86.8 Å². The van der Waals surface area contributed by atoms with Crippen molar-refractivity contribution in [2.75, 3.05) is 64.2 Å². The fourth-order valence-electron chi connectivity index (χ4n) is 7.08. The van der Waals surface area contributed by atoms with Crippen LogP contribution in [0.3, 0.4) is 0 Å². The van der Waals surface area contributed by atoms with E-state index in [1.807, 2.05) is 0 Å². The molecular formula is C40H43ClF5N11O6S. The zero-order chi connectivity index (χ0) is 45.8. The quantitative estimate of drug-likeness (QED) is 0.0103. The number of azide groups is 1. The van der Waals surface area contributed by atoms with Crippen LogP contribution in [0.5, 0.6) is 11.5 Å². The van der Waals surface area contributed by atoms with E-state index in [4.69, 9.17) is 31.3 Å². The van der Waals surface area contributed by atoms with Crippen molar-refractivity contribution in [1.29, 1.82) is 0 Å². The van der Waals surface area contributed by atoms with Crippen LogP contribution < -0.4 is 36.1 Å². The second-order valence-corrected chi connectivity index (χ2v) is 16.2. The number of ether oxygens (including phenoxy) is 3. The van der Waals surface area contributed by atoms with Crippen LogP contribution in [0.25, 0.3) is 21.3 Å². The number of hydrogen-bond acceptors (Lipinski definition) is 12. The number of unbranched alkanes of at least 4 members (excludes halogenated alkanes) is 1. The lowest BCUT2D eigenvalue weighted by molar-refractivity contribution is -0.122. The Balaban J connectivity index is 0.966. The van der Waals surface area contributed by atoms with Gasteiger partial charge in [0.25, 0.3) is 0 Å². The molecule has 0 unspecified atom stereocenters. The lowest BCUT2D eigenvalue weighted by atomic mass is 10.0. The Morgan fingerprint density at radius 2 is 1.77 bits per heavy atom. The molecule has 1 aromatic heterocycles. The van der Waals surface area contributed by atoms with Crippen molar-refractivity contribution >= 4 is 69.3 Å². The number of nitrogens with zero attached hydrogens (tertiary/aromatic N) is 6. The topological polar surface area (TPSA) is 217 Å². The first-order valence-corrected chi connectivity index (χ1v) is 21.4. The molecule has 2 saturated heterocycles. The fraction of sp³-hybridized carbons (Fsp3) is 0.425. The minimum atomic E-state index is -1.90. The molecule has 2 fully saturated rings. The van der Waals surface area contributed by atoms with E-state index in [0.717, 1.165) is 18.6 Å². The smallest absolute Gasteiger partial charge is 0.315 e. The number of rotatable bonds is 23. The zero-order valence-electron chi connectivity index (χ0n) is 34.2. The van der Waals surface area contributed by atoms with Crippen LogP contribution in [-0.2, 0) is 20.9 Å². The Kier molecular flexibility index (Phi) is 16.9. The maximum atomic E-state index is 15.0. The predicted molar refractivity (Wildman–Crippen MR) is 227 cm³/mol. The highest BCUT2D eigenvalue weighted by molar-refractivity contribution is 8.00. The number of carbonyl (C=O) groups is 3. The van der Waals surface area contributed by atoms with E-state index in [1.54, 1.807) is 23.9 Å². The summed E-state index contributed by atoms with van der Waals surface area (Å²) in [6, 6.07) is 7.40. The molecule has 0 saturated carbocycles. The summed E-state index contributed by atoms with van der Waals surface area (Å²) < 4.78 is 90.6. The summed E-state index contributed by atoms with van der Waals surface area (Å²) in [5.74, 6) is -7.10. The van der Waals surface area contributed by atoms with Gasteiger partial charge in [-0.2, -0.15) is 11.8 Å². The number of benzene rings is 3. The number of methoxy groups -OCH3 is 1. The number of anilines is 2. The van der Waals surface area contributed by atoms with Gasteiger partial charge in [0.15, 0.2) is 34.8 Å². The van der Waals surface area contributed by atoms with Gasteiger partial charge in [0.05, 0.1) is 50.2 Å². The summed E-state index contributed by atoms with van der Waals surface area (Å²) in [7, 11) is 1.44. The Labute approximate surface area is 372 Å². The normalized spacial score (nSPS) is 16.5. The Bertz CT molecular complexity index is 2380. The van der Waals surface area contributed by atoms with E-state index in [-0.39, 0.29) is 85.9 Å². The first kappa shape index (κ1) is 47.6. The molecule has 3 atom stereocenters. The molecule has 2 aliphatic heterocycles. The van der Waals surface area contributed by atoms with E-state index >= 15 is 0 Å². The van der Waals surface area contributed by atoms with Gasteiger partial charge >= 0.3 is 6.03 Å². The number of urea groups is 1. The van der Waals surface area contributed by atoms with Crippen LogP contribution in [0.4, 0.5) is 43.9 Å². The molecule has 64 heavy (non-hydrogen) atoms. The molecule has 0 radical (unpaired) electrons. The van der Waals surface area contributed by atoms with Crippen LogP contribution in [0.15, 0.2) is 41.8 Å². The van der Waals surface area contributed by atoms with Crippen LogP contribution in [0.2, 0.25) is 5.02 Å². The molecule has 3 aromatic carbocycles. The second-order valence-electron chi connectivity index (χ2n) is 14.5. The summed E-state index contributed by atoms with van der Waals surface area (Å²) in [5, 5.41) is 17.8. The maximum Gasteiger partial charge on any atom is 0.315 e. The van der Waals surface area contributed by atoms with Crippen LogP contribution in [0, 0.1) is 29.1 Å². The predicted octanol–water partition coefficient (Wildman–Crippen LogP) is 6.53. The number of thioether (sulfide) groups is 1. The van der Waals surface area contributed by atoms with Gasteiger partial charge in [0.1, 0.15) is 30.3 Å². The summed E-state index contributed by atoms with van der Waals surface area (Å²) in [6.07, 6.45) is 3.59. The van der Waals surface area contributed by atoms with Crippen LogP contribution in [0.1, 0.15) is 31.2 Å². The number of aromatic nitrogens is 2. The summed E-state index contributed by atoms with van der Waals surface area (Å²) in [5.41, 5.74) is 6.70. The number of nitrogens with one attached hydrogen (secondary N) is 5. The molecule has 17 nitrogen and oxygen atoms in total. The monoisotopic (exact) mass is 935 g/mol. The minimum absolute atomic E-state index is 0.000103. The third-order valence-corrected chi connectivity index (χ3v) is 12.0. The molecule has 5 N–H and O–H groups in total. The molecule has 4 aromatic rings. The van der Waals surface area contributed by atoms with E-state index < -0.39 is 59.3 Å². The highest BCUT2D eigenvalue weighted by Crippen LogP contribution is 2.36. The lowest BCUT2D eigenvalue weighted by Crippen LogP contribution is -2.42. The average Bonchev–Trinajstić information content (AvgIpc) is 3.83. The third kappa shape index (κ3) is 12.2. The molecule has 4 amide bonds. The summed E-state index contributed by atoms with van der Waals surface area (Å²) in [4.78, 5) is 49.1. The Morgan fingerprint density at radius 3 is 2.52 bits per heavy atom. The van der Waals surface area contributed by atoms with Gasteiger partial charge in [0, 0.05) is 70.6 Å². The van der Waals surface area contributed by atoms with Crippen molar-refractivity contribution in [3.8, 4) is 11.5 Å². The minimum Gasteiger partial charge on any atom is -0.493 e. The maximum absolute atomic E-state index is 15.0. The van der Waals surface area contributed by atoms with Crippen molar-refractivity contribution in [2.45, 2.75) is 49.6 Å². The Hall–Kier alpha value is -5.87. The Morgan fingerprint density at radius 1 is 0.984 bits per heavy atom. The second kappa shape index (κ2) is 22.7. The first-order valence-electron chi connectivity index (χ1n) is 20.0. The van der Waals surface area contributed by atoms with Gasteiger partial charge in [0.2, 0.25) is 11.8 Å². The molecule has 0 bridgehead atoms. The van der Waals surface area contributed by atoms with Gasteiger partial charge in [-0.25, -0.2) is 36.7 Å². The molecule has 3 heterocycles. The van der Waals surface area contributed by atoms with E-state index in [9.17, 15) is 36.3 Å². The van der Waals surface area contributed by atoms with Gasteiger partial charge in [-0.3, -0.25) is 14.5 Å². The SMILES string of the molecule is COc1cc2c(Nc3ccc(Cl)cc3F)ncnc2cc1OCCOCCNC(=O)CN(CCNC(=O)CCCC[C@@H]1SC[C@@H]2NC(=O)N[C@@H]21)Cc1c(F)c(F)c(N=[N+]=[N-])c(F)c1F. The van der Waals surface area contributed by atoms with Crippen molar-refractivity contribution in [3.63, 3.8) is 0 Å². The standard InChI is InChI=1S/C40H43ClF5N11O6S/c1-61-28-15-22-26(50-20-51-39(22)52-25-7-6-21(41)14-24(25)42)16-29(28)63-13-12-62-11-9-49-32(59)18-57(17-23-33(43)35(45)38(55-56-47)36(46)34(23)44)10-8-48-31(58)5-3-2-4-30-37-27(19-64-30)53-40(60)54-37/h6-7,14-16,20,27,30,37H,2-5,8-13,17-19H2,1H3,(H,48,58)(H,49,59)(H,50,51,52)(H2,53,54,60)/t27-,30-,37-/m0/s1. The number of fused-ring (bicyclic) bond motifs is 2. The van der Waals surface area contributed by atoms with Crippen LogP contribution >= 0.6 is 23.4 Å². The largest absolute Gasteiger partial charge is 0.493 e. The van der Waals surface area contributed by atoms with E-state index in [0.29, 0.717) is 34.6 Å². The number of hydrogen-bond donors (Lipinski definition) is 5. The highest BCUT2D eigenvalue weighted by atomic mass is 35.5. The number of halogens is 6. The van der Waals surface area contributed by atoms with Gasteiger partial charge in [-0.15, -0.1) is 0 Å². The van der Waals surface area contributed by atoms with Gasteiger partial charge in [-0.1, -0.05) is 23.1 Å². The summed E-state index contributed by atoms with van der Waals surface area (Å²) in [6.45, 7) is -1.34. The molecule has 0 aliphatic carbocycles. The molecule has 342 valence electrons. The van der Waals surface area contributed by atoms with Gasteiger partial charge in [-0.05, 0) is 42.6 Å². The third-order valence-electron chi connectivity index (χ3n) is 10.2. The molecule has 6 rings (SSSR count). The molecule has 2 aliphatic rings. The zero-order valence-corrected chi connectivity index (χ0v) is 35.8. The highest BCUT2D eigenvalue weighted by Gasteiger charge is 2.42. The number of carbonyl (C=O) groups excluding carboxylic acids is 3. The average molecular weight is 936 g/mol. The van der Waals surface area contributed by atoms with Crippen molar-refractivity contribution < 1.29 is 50.5 Å².